The number of hydrogen-bond acceptors (Lipinski definition) is 6. The van der Waals surface area contributed by atoms with Gasteiger partial charge in [0, 0.05) is 10.9 Å². The van der Waals surface area contributed by atoms with Gasteiger partial charge in [-0.3, -0.25) is 4.79 Å². The molecular weight excluding hydrogens is 318 g/mol. The van der Waals surface area contributed by atoms with Crippen LogP contribution in [-0.2, 0) is 20.7 Å². The van der Waals surface area contributed by atoms with Crippen molar-refractivity contribution in [1.82, 2.24) is 5.32 Å². The lowest BCUT2D eigenvalue weighted by molar-refractivity contribution is -0.120. The van der Waals surface area contributed by atoms with Crippen molar-refractivity contribution in [1.29, 1.82) is 0 Å². The van der Waals surface area contributed by atoms with Gasteiger partial charge in [0.1, 0.15) is 4.88 Å². The van der Waals surface area contributed by atoms with Crippen molar-refractivity contribution in [2.75, 3.05) is 13.2 Å². The first-order chi connectivity index (χ1) is 10.8. The van der Waals surface area contributed by atoms with Crippen molar-refractivity contribution >= 4 is 29.2 Å². The second kappa shape index (κ2) is 8.67. The number of rotatable bonds is 7. The summed E-state index contributed by atoms with van der Waals surface area (Å²) in [5, 5.41) is 2.77. The van der Waals surface area contributed by atoms with E-state index in [4.69, 9.17) is 9.47 Å². The molecule has 1 rings (SSSR count). The Hall–Kier alpha value is -1.89. The minimum atomic E-state index is -0.524. The SMILES string of the molecule is CCOC(=O)c1sc(CC(=O)NC(C)C)c(C(=O)OCC)c1C. The Morgan fingerprint density at radius 3 is 2.17 bits per heavy atom. The molecule has 0 aliphatic carbocycles. The number of amides is 1. The summed E-state index contributed by atoms with van der Waals surface area (Å²) >= 11 is 1.11. The molecule has 1 N–H and O–H groups in total. The highest BCUT2D eigenvalue weighted by Crippen LogP contribution is 2.30. The quantitative estimate of drug-likeness (QED) is 0.771. The summed E-state index contributed by atoms with van der Waals surface area (Å²) in [5.74, 6) is -1.22. The van der Waals surface area contributed by atoms with Crippen LogP contribution in [-0.4, -0.2) is 37.1 Å². The van der Waals surface area contributed by atoms with Gasteiger partial charge in [0.25, 0.3) is 0 Å². The predicted molar refractivity (Wildman–Crippen MR) is 88.0 cm³/mol. The Bertz CT molecular complexity index is 592. The standard InChI is InChI=1S/C16H23NO5S/c1-6-21-15(19)13-10(5)14(16(20)22-7-2)23-11(13)8-12(18)17-9(3)4/h9H,6-8H2,1-5H3,(H,17,18). The maximum Gasteiger partial charge on any atom is 0.348 e. The van der Waals surface area contributed by atoms with Crippen molar-refractivity contribution in [3.05, 3.63) is 20.9 Å². The third kappa shape index (κ3) is 5.06. The fourth-order valence-corrected chi connectivity index (χ4v) is 3.26. The zero-order chi connectivity index (χ0) is 17.6. The van der Waals surface area contributed by atoms with Crippen LogP contribution < -0.4 is 5.32 Å². The summed E-state index contributed by atoms with van der Waals surface area (Å²) in [6.45, 7) is 9.26. The Kier molecular flexibility index (Phi) is 7.22. The normalized spacial score (nSPS) is 10.5. The number of ether oxygens (including phenoxy) is 2. The molecule has 0 aliphatic heterocycles. The third-order valence-corrected chi connectivity index (χ3v) is 4.20. The zero-order valence-electron chi connectivity index (χ0n) is 14.1. The average Bonchev–Trinajstić information content (AvgIpc) is 2.75. The molecular formula is C16H23NO5S. The van der Waals surface area contributed by atoms with E-state index in [1.807, 2.05) is 13.8 Å². The van der Waals surface area contributed by atoms with Gasteiger partial charge in [-0.2, -0.15) is 0 Å². The Morgan fingerprint density at radius 1 is 1.09 bits per heavy atom. The molecule has 0 aromatic carbocycles. The highest BCUT2D eigenvalue weighted by atomic mass is 32.1. The molecule has 0 atom stereocenters. The van der Waals surface area contributed by atoms with E-state index in [-0.39, 0.29) is 31.6 Å². The first-order valence-electron chi connectivity index (χ1n) is 7.57. The summed E-state index contributed by atoms with van der Waals surface area (Å²) in [6.07, 6.45) is 0.0250. The van der Waals surface area contributed by atoms with Crippen molar-refractivity contribution < 1.29 is 23.9 Å². The van der Waals surface area contributed by atoms with Crippen molar-refractivity contribution in [3.63, 3.8) is 0 Å². The van der Waals surface area contributed by atoms with Crippen LogP contribution in [0.5, 0.6) is 0 Å². The molecule has 0 aliphatic rings. The van der Waals surface area contributed by atoms with Gasteiger partial charge in [0.15, 0.2) is 0 Å². The van der Waals surface area contributed by atoms with Crippen LogP contribution in [0.15, 0.2) is 0 Å². The lowest BCUT2D eigenvalue weighted by atomic mass is 10.1. The summed E-state index contributed by atoms with van der Waals surface area (Å²) in [6, 6.07) is -0.000806. The molecule has 0 radical (unpaired) electrons. The van der Waals surface area contributed by atoms with Crippen molar-refractivity contribution in [2.24, 2.45) is 0 Å². The van der Waals surface area contributed by atoms with Gasteiger partial charge in [-0.25, -0.2) is 9.59 Å². The molecule has 7 heteroatoms. The number of carbonyl (C=O) groups is 3. The molecule has 0 unspecified atom stereocenters. The topological polar surface area (TPSA) is 81.7 Å². The van der Waals surface area contributed by atoms with Crippen LogP contribution in [0.3, 0.4) is 0 Å². The molecule has 0 bridgehead atoms. The minimum absolute atomic E-state index is 0.000806. The maximum absolute atomic E-state index is 12.2. The molecule has 1 heterocycles. The van der Waals surface area contributed by atoms with E-state index in [2.05, 4.69) is 5.32 Å². The Balaban J connectivity index is 3.20. The Morgan fingerprint density at radius 2 is 1.65 bits per heavy atom. The van der Waals surface area contributed by atoms with Crippen LogP contribution in [0, 0.1) is 6.92 Å². The number of carbonyl (C=O) groups excluding carboxylic acids is 3. The first kappa shape index (κ1) is 19.2. The van der Waals surface area contributed by atoms with Crippen molar-refractivity contribution in [3.8, 4) is 0 Å². The number of esters is 2. The van der Waals surface area contributed by atoms with Crippen molar-refractivity contribution in [2.45, 2.75) is 47.1 Å². The summed E-state index contributed by atoms with van der Waals surface area (Å²) in [5.41, 5.74) is 0.790. The smallest absolute Gasteiger partial charge is 0.348 e. The summed E-state index contributed by atoms with van der Waals surface area (Å²) in [7, 11) is 0. The predicted octanol–water partition coefficient (Wildman–Crippen LogP) is 2.48. The minimum Gasteiger partial charge on any atom is -0.462 e. The number of nitrogens with one attached hydrogen (secondary N) is 1. The zero-order valence-corrected chi connectivity index (χ0v) is 15.0. The van der Waals surface area contributed by atoms with E-state index in [9.17, 15) is 14.4 Å². The molecule has 1 amide bonds. The van der Waals surface area contributed by atoms with Crippen LogP contribution >= 0.6 is 11.3 Å². The molecule has 0 saturated heterocycles. The van der Waals surface area contributed by atoms with Gasteiger partial charge in [0.05, 0.1) is 25.2 Å². The highest BCUT2D eigenvalue weighted by Gasteiger charge is 2.27. The van der Waals surface area contributed by atoms with E-state index in [0.717, 1.165) is 11.3 Å². The van der Waals surface area contributed by atoms with Gasteiger partial charge in [-0.05, 0) is 40.2 Å². The van der Waals surface area contributed by atoms with Crippen LogP contribution in [0.1, 0.15) is 58.2 Å². The number of hydrogen-bond donors (Lipinski definition) is 1. The largest absolute Gasteiger partial charge is 0.462 e. The molecule has 0 saturated carbocycles. The van der Waals surface area contributed by atoms with Crippen LogP contribution in [0.4, 0.5) is 0 Å². The molecule has 0 fully saturated rings. The fourth-order valence-electron chi connectivity index (χ4n) is 2.08. The maximum atomic E-state index is 12.2. The van der Waals surface area contributed by atoms with Crippen LogP contribution in [0.25, 0.3) is 0 Å². The lowest BCUT2D eigenvalue weighted by Crippen LogP contribution is -2.31. The van der Waals surface area contributed by atoms with E-state index < -0.39 is 11.9 Å². The van der Waals surface area contributed by atoms with E-state index in [1.165, 1.54) is 0 Å². The summed E-state index contributed by atoms with van der Waals surface area (Å²) < 4.78 is 10.1. The molecule has 0 spiro atoms. The molecule has 6 nitrogen and oxygen atoms in total. The molecule has 1 aromatic rings. The van der Waals surface area contributed by atoms with Gasteiger partial charge >= 0.3 is 11.9 Å². The fraction of sp³-hybridized carbons (Fsp3) is 0.562. The van der Waals surface area contributed by atoms with Gasteiger partial charge < -0.3 is 14.8 Å². The lowest BCUT2D eigenvalue weighted by Gasteiger charge is -2.08. The second-order valence-corrected chi connectivity index (χ2v) is 6.30. The van der Waals surface area contributed by atoms with E-state index >= 15 is 0 Å². The Labute approximate surface area is 140 Å². The average molecular weight is 341 g/mol. The number of thiophene rings is 1. The third-order valence-electron chi connectivity index (χ3n) is 2.93. The summed E-state index contributed by atoms with van der Waals surface area (Å²) in [4.78, 5) is 37.0. The van der Waals surface area contributed by atoms with Gasteiger partial charge in [0.2, 0.25) is 5.91 Å². The second-order valence-electron chi connectivity index (χ2n) is 5.19. The van der Waals surface area contributed by atoms with Gasteiger partial charge in [-0.1, -0.05) is 0 Å². The van der Waals surface area contributed by atoms with E-state index in [1.54, 1.807) is 20.8 Å². The molecule has 23 heavy (non-hydrogen) atoms. The van der Waals surface area contributed by atoms with Crippen LogP contribution in [0.2, 0.25) is 0 Å². The first-order valence-corrected chi connectivity index (χ1v) is 8.39. The van der Waals surface area contributed by atoms with Gasteiger partial charge in [-0.15, -0.1) is 11.3 Å². The molecule has 128 valence electrons. The molecule has 1 aromatic heterocycles. The highest BCUT2D eigenvalue weighted by molar-refractivity contribution is 7.14. The monoisotopic (exact) mass is 341 g/mol. The van der Waals surface area contributed by atoms with E-state index in [0.29, 0.717) is 20.9 Å².